The molecule has 7 rings (SSSR count). The van der Waals surface area contributed by atoms with Gasteiger partial charge in [0.15, 0.2) is 17.3 Å². The summed E-state index contributed by atoms with van der Waals surface area (Å²) in [5.74, 6) is 0.936. The monoisotopic (exact) mass is 699 g/mol. The van der Waals surface area contributed by atoms with E-state index >= 15 is 0 Å². The average Bonchev–Trinajstić information content (AvgIpc) is 3.89. The van der Waals surface area contributed by atoms with Gasteiger partial charge in [-0.2, -0.15) is 0 Å². The summed E-state index contributed by atoms with van der Waals surface area (Å²) < 4.78 is 22.5. The maximum Gasteiger partial charge on any atom is 0.228 e. The molecule has 51 heavy (non-hydrogen) atoms. The molecule has 9 nitrogen and oxygen atoms in total. The van der Waals surface area contributed by atoms with Gasteiger partial charge in [-0.15, -0.1) is 0 Å². The second kappa shape index (κ2) is 15.8. The van der Waals surface area contributed by atoms with Crippen molar-refractivity contribution in [3.05, 3.63) is 94.5 Å². The van der Waals surface area contributed by atoms with Crippen molar-refractivity contribution in [2.75, 3.05) is 33.9 Å². The normalized spacial score (nSPS) is 26.6. The van der Waals surface area contributed by atoms with Crippen LogP contribution < -0.4 is 9.47 Å². The standard InChI is InChI=1S/C42H53NO8/c1-28-8-5-18-41(2)35(33-15-12-29(22-31(44)14-11-28)23-34(33)40(46)37-10-7-21-51-37)17-19-42(41,47)27-43(26-32-9-6-20-50-32)39(45)25-30-13-16-36(48-3)38(24-30)49-4/h7-8,10,12-13,15-16,21,23-24,31-32,35,44,47H,5-6,9,11,14,17-20,22,25-27H2,1-4H3/t31-,32+,35-,41-,42+/m0/s1. The zero-order valence-electron chi connectivity index (χ0n) is 30.5. The van der Waals surface area contributed by atoms with E-state index in [4.69, 9.17) is 18.6 Å². The number of ether oxygens (including phenoxy) is 3. The van der Waals surface area contributed by atoms with Crippen LogP contribution >= 0.6 is 0 Å². The molecule has 0 radical (unpaired) electrons. The van der Waals surface area contributed by atoms with Crippen LogP contribution in [0.15, 0.2) is 70.9 Å². The van der Waals surface area contributed by atoms with E-state index in [-0.39, 0.29) is 42.4 Å². The van der Waals surface area contributed by atoms with Gasteiger partial charge >= 0.3 is 0 Å². The van der Waals surface area contributed by atoms with Crippen LogP contribution in [0.2, 0.25) is 0 Å². The van der Waals surface area contributed by atoms with Crippen LogP contribution in [0.1, 0.15) is 104 Å². The highest BCUT2D eigenvalue weighted by atomic mass is 16.5. The summed E-state index contributed by atoms with van der Waals surface area (Å²) in [4.78, 5) is 30.1. The fourth-order valence-electron chi connectivity index (χ4n) is 8.62. The van der Waals surface area contributed by atoms with E-state index in [1.54, 1.807) is 32.4 Å². The molecule has 274 valence electrons. The fourth-order valence-corrected chi connectivity index (χ4v) is 8.62. The lowest BCUT2D eigenvalue weighted by Gasteiger charge is -2.46. The van der Waals surface area contributed by atoms with Gasteiger partial charge in [-0.3, -0.25) is 9.59 Å². The second-order valence-electron chi connectivity index (χ2n) is 15.0. The molecule has 3 aromatic rings. The summed E-state index contributed by atoms with van der Waals surface area (Å²) in [5, 5.41) is 23.9. The van der Waals surface area contributed by atoms with Crippen LogP contribution in [-0.4, -0.2) is 78.5 Å². The van der Waals surface area contributed by atoms with Crippen molar-refractivity contribution in [2.24, 2.45) is 5.41 Å². The van der Waals surface area contributed by atoms with E-state index in [0.29, 0.717) is 62.3 Å². The molecule has 0 unspecified atom stereocenters. The van der Waals surface area contributed by atoms with Crippen LogP contribution in [0, 0.1) is 5.41 Å². The van der Waals surface area contributed by atoms with Crippen LogP contribution in [-0.2, 0) is 22.4 Å². The maximum absolute atomic E-state index is 14.3. The number of nitrogens with zero attached hydrogens (tertiary/aromatic N) is 1. The van der Waals surface area contributed by atoms with Gasteiger partial charge in [0.2, 0.25) is 11.7 Å². The number of fused-ring (bicyclic) bond motifs is 8. The van der Waals surface area contributed by atoms with Crippen molar-refractivity contribution >= 4 is 11.7 Å². The number of carbonyl (C=O) groups excluding carboxylic acids is 2. The molecular weight excluding hydrogens is 646 g/mol. The molecule has 9 heteroatoms. The largest absolute Gasteiger partial charge is 0.493 e. The van der Waals surface area contributed by atoms with Crippen molar-refractivity contribution in [3.63, 3.8) is 0 Å². The summed E-state index contributed by atoms with van der Waals surface area (Å²) in [6.45, 7) is 5.45. The third-order valence-electron chi connectivity index (χ3n) is 11.7. The highest BCUT2D eigenvalue weighted by Crippen LogP contribution is 2.59. The van der Waals surface area contributed by atoms with E-state index in [9.17, 15) is 19.8 Å². The zero-order valence-corrected chi connectivity index (χ0v) is 30.5. The Morgan fingerprint density at radius 2 is 1.84 bits per heavy atom. The molecule has 1 aromatic heterocycles. The number of hydrogen-bond donors (Lipinski definition) is 2. The van der Waals surface area contributed by atoms with E-state index in [2.05, 4.69) is 19.9 Å². The molecule has 2 N–H and O–H groups in total. The highest BCUT2D eigenvalue weighted by molar-refractivity contribution is 6.08. The number of furan rings is 1. The van der Waals surface area contributed by atoms with E-state index in [0.717, 1.165) is 42.4 Å². The minimum Gasteiger partial charge on any atom is -0.493 e. The van der Waals surface area contributed by atoms with E-state index < -0.39 is 17.1 Å². The lowest BCUT2D eigenvalue weighted by Crippen LogP contribution is -2.55. The Kier molecular flexibility index (Phi) is 11.4. The van der Waals surface area contributed by atoms with Crippen LogP contribution in [0.4, 0.5) is 0 Å². The van der Waals surface area contributed by atoms with Gasteiger partial charge in [-0.25, -0.2) is 0 Å². The first kappa shape index (κ1) is 36.9. The van der Waals surface area contributed by atoms with Crippen molar-refractivity contribution in [1.82, 2.24) is 4.90 Å². The van der Waals surface area contributed by atoms with Gasteiger partial charge in [0.25, 0.3) is 0 Å². The van der Waals surface area contributed by atoms with Gasteiger partial charge in [-0.1, -0.05) is 36.8 Å². The lowest BCUT2D eigenvalue weighted by molar-refractivity contribution is -0.141. The Morgan fingerprint density at radius 1 is 1.02 bits per heavy atom. The number of aliphatic hydroxyl groups is 2. The number of benzene rings is 2. The number of carbonyl (C=O) groups is 2. The fraction of sp³-hybridized carbons (Fsp3) is 0.524. The Labute approximate surface area is 301 Å². The first-order valence-electron chi connectivity index (χ1n) is 18.4. The zero-order chi connectivity index (χ0) is 36.2. The third kappa shape index (κ3) is 7.96. The minimum absolute atomic E-state index is 0.0913. The molecule has 2 heterocycles. The van der Waals surface area contributed by atoms with E-state index in [1.807, 2.05) is 35.2 Å². The molecule has 1 saturated carbocycles. The maximum atomic E-state index is 14.3. The minimum atomic E-state index is -1.25. The molecule has 1 amide bonds. The molecule has 1 saturated heterocycles. The van der Waals surface area contributed by atoms with Crippen molar-refractivity contribution in [2.45, 2.75) is 102 Å². The lowest BCUT2D eigenvalue weighted by atomic mass is 9.64. The number of rotatable bonds is 10. The summed E-state index contributed by atoms with van der Waals surface area (Å²) >= 11 is 0. The third-order valence-corrected chi connectivity index (χ3v) is 11.7. The number of aliphatic hydroxyl groups excluding tert-OH is 1. The number of ketones is 1. The number of amides is 1. The van der Waals surface area contributed by atoms with Crippen molar-refractivity contribution < 1.29 is 38.4 Å². The molecule has 2 fully saturated rings. The molecule has 4 aliphatic rings. The van der Waals surface area contributed by atoms with Gasteiger partial charge in [0, 0.05) is 24.1 Å². The second-order valence-corrected chi connectivity index (χ2v) is 15.0. The topological polar surface area (TPSA) is 119 Å². The van der Waals surface area contributed by atoms with Crippen molar-refractivity contribution in [1.29, 1.82) is 0 Å². The van der Waals surface area contributed by atoms with Gasteiger partial charge in [0.1, 0.15) is 0 Å². The van der Waals surface area contributed by atoms with Gasteiger partial charge in [-0.05, 0) is 118 Å². The summed E-state index contributed by atoms with van der Waals surface area (Å²) in [6, 6.07) is 14.8. The summed E-state index contributed by atoms with van der Waals surface area (Å²) in [5.41, 5.74) is 2.36. The molecule has 0 spiro atoms. The average molecular weight is 700 g/mol. The Bertz CT molecular complexity index is 1710. The predicted octanol–water partition coefficient (Wildman–Crippen LogP) is 6.82. The number of methoxy groups -OCH3 is 2. The molecule has 1 aliphatic heterocycles. The van der Waals surface area contributed by atoms with E-state index in [1.165, 1.54) is 11.8 Å². The molecule has 2 aromatic carbocycles. The first-order valence-corrected chi connectivity index (χ1v) is 18.4. The molecule has 5 atom stereocenters. The van der Waals surface area contributed by atoms with Gasteiger partial charge in [0.05, 0.1) is 51.3 Å². The Morgan fingerprint density at radius 3 is 2.57 bits per heavy atom. The predicted molar refractivity (Wildman–Crippen MR) is 194 cm³/mol. The smallest absolute Gasteiger partial charge is 0.228 e. The quantitative estimate of drug-likeness (QED) is 0.175. The van der Waals surface area contributed by atoms with Crippen LogP contribution in [0.25, 0.3) is 0 Å². The Balaban J connectivity index is 1.37. The summed E-state index contributed by atoms with van der Waals surface area (Å²) in [6.07, 6.45) is 9.37. The molecular formula is C42H53NO8. The van der Waals surface area contributed by atoms with Crippen LogP contribution in [0.5, 0.6) is 11.5 Å². The number of allylic oxidation sites excluding steroid dienone is 2. The van der Waals surface area contributed by atoms with Crippen LogP contribution in [0.3, 0.4) is 0 Å². The number of hydrogen-bond acceptors (Lipinski definition) is 8. The summed E-state index contributed by atoms with van der Waals surface area (Å²) in [7, 11) is 3.16. The first-order chi connectivity index (χ1) is 24.5. The van der Waals surface area contributed by atoms with Gasteiger partial charge < -0.3 is 33.7 Å². The Hall–Kier alpha value is -3.92. The SMILES string of the molecule is COc1ccc(CC(=O)N(C[C@H]2CCCO2)C[C@]2(O)CC[C@H]3c4ccc(cc4C(=O)c4ccco4)C[C@@H](O)CCC(C)=CCC[C@@]32C)cc1OC. The highest BCUT2D eigenvalue weighted by Gasteiger charge is 2.57. The van der Waals surface area contributed by atoms with Crippen molar-refractivity contribution in [3.8, 4) is 11.5 Å². The molecule has 2 bridgehead atoms. The molecule has 3 aliphatic carbocycles.